The van der Waals surface area contributed by atoms with E-state index in [-0.39, 0.29) is 28.2 Å². The third-order valence-corrected chi connectivity index (χ3v) is 6.27. The summed E-state index contributed by atoms with van der Waals surface area (Å²) in [5.74, 6) is 0.734. The lowest BCUT2D eigenvalue weighted by atomic mass is 10.2. The number of rotatable bonds is 5. The van der Waals surface area contributed by atoms with Crippen LogP contribution in [0.1, 0.15) is 0 Å². The number of nitrogens with one attached hydrogen (secondary N) is 1. The van der Waals surface area contributed by atoms with E-state index in [0.717, 1.165) is 4.31 Å². The van der Waals surface area contributed by atoms with Crippen LogP contribution < -0.4 is 23.8 Å². The molecule has 27 heavy (non-hydrogen) atoms. The number of carbonyl (C=O) groups is 1. The Morgan fingerprint density at radius 2 is 1.93 bits per heavy atom. The fourth-order valence-corrected chi connectivity index (χ4v) is 4.32. The molecule has 1 aliphatic rings. The number of nitrogens with zero attached hydrogens (tertiary/aromatic N) is 1. The molecule has 0 unspecified atom stereocenters. The number of fused-ring (bicyclic) bond motifs is 1. The molecule has 1 N–H and O–H groups in total. The molecule has 1 heterocycles. The van der Waals surface area contributed by atoms with Gasteiger partial charge in [-0.3, -0.25) is 9.10 Å². The van der Waals surface area contributed by atoms with Gasteiger partial charge in [0.25, 0.3) is 15.9 Å². The monoisotopic (exact) mass is 412 g/mol. The topological polar surface area (TPSA) is 94.2 Å². The van der Waals surface area contributed by atoms with Gasteiger partial charge in [0.2, 0.25) is 0 Å². The fraction of sp³-hybridized carbons (Fsp3) is 0.235. The molecule has 0 bridgehead atoms. The highest BCUT2D eigenvalue weighted by molar-refractivity contribution is 7.93. The van der Waals surface area contributed by atoms with Gasteiger partial charge >= 0.3 is 0 Å². The largest absolute Gasteiger partial charge is 0.497 e. The van der Waals surface area contributed by atoms with E-state index in [9.17, 15) is 13.2 Å². The number of halogens is 1. The number of anilines is 2. The number of amides is 1. The summed E-state index contributed by atoms with van der Waals surface area (Å²) in [7, 11) is 0.285. The second-order valence-electron chi connectivity index (χ2n) is 5.63. The molecule has 144 valence electrons. The van der Waals surface area contributed by atoms with Gasteiger partial charge in [0, 0.05) is 19.2 Å². The molecular weight excluding hydrogens is 396 g/mol. The Kier molecular flexibility index (Phi) is 5.07. The van der Waals surface area contributed by atoms with E-state index < -0.39 is 10.0 Å². The molecule has 0 saturated carbocycles. The molecule has 1 amide bonds. The van der Waals surface area contributed by atoms with Crippen LogP contribution in [0.25, 0.3) is 0 Å². The molecule has 0 saturated heterocycles. The molecule has 2 aromatic carbocycles. The van der Waals surface area contributed by atoms with Crippen molar-refractivity contribution < 1.29 is 27.4 Å². The van der Waals surface area contributed by atoms with E-state index in [1.807, 2.05) is 0 Å². The smallest absolute Gasteiger partial charge is 0.265 e. The Balaban J connectivity index is 2.05. The van der Waals surface area contributed by atoms with E-state index in [1.165, 1.54) is 33.4 Å². The summed E-state index contributed by atoms with van der Waals surface area (Å²) in [6, 6.07) is 7.41. The number of benzene rings is 2. The molecular formula is C17H17ClN2O6S. The van der Waals surface area contributed by atoms with Gasteiger partial charge in [-0.25, -0.2) is 8.42 Å². The summed E-state index contributed by atoms with van der Waals surface area (Å²) in [4.78, 5) is 11.3. The van der Waals surface area contributed by atoms with Crippen LogP contribution in [-0.2, 0) is 14.8 Å². The number of ether oxygens (including phenoxy) is 3. The summed E-state index contributed by atoms with van der Waals surface area (Å²) < 4.78 is 43.0. The number of sulfonamides is 1. The Morgan fingerprint density at radius 1 is 1.19 bits per heavy atom. The van der Waals surface area contributed by atoms with E-state index in [0.29, 0.717) is 22.9 Å². The minimum atomic E-state index is -4.03. The van der Waals surface area contributed by atoms with Crippen molar-refractivity contribution in [1.82, 2.24) is 0 Å². The summed E-state index contributed by atoms with van der Waals surface area (Å²) in [5, 5.41) is 2.54. The van der Waals surface area contributed by atoms with Crippen LogP contribution in [-0.4, -0.2) is 42.2 Å². The van der Waals surface area contributed by atoms with Crippen molar-refractivity contribution in [3.05, 3.63) is 35.4 Å². The third kappa shape index (κ3) is 3.47. The fourth-order valence-electron chi connectivity index (χ4n) is 2.60. The molecule has 0 aliphatic carbocycles. The second-order valence-corrected chi connectivity index (χ2v) is 7.97. The quantitative estimate of drug-likeness (QED) is 0.810. The van der Waals surface area contributed by atoms with Crippen LogP contribution in [0.3, 0.4) is 0 Å². The molecule has 0 atom stereocenters. The minimum Gasteiger partial charge on any atom is -0.497 e. The number of hydrogen-bond donors (Lipinski definition) is 1. The van der Waals surface area contributed by atoms with Gasteiger partial charge in [-0.1, -0.05) is 11.6 Å². The maximum Gasteiger partial charge on any atom is 0.265 e. The summed E-state index contributed by atoms with van der Waals surface area (Å²) in [6.07, 6.45) is 0. The van der Waals surface area contributed by atoms with Crippen LogP contribution >= 0.6 is 11.6 Å². The molecule has 3 rings (SSSR count). The number of hydrogen-bond acceptors (Lipinski definition) is 6. The van der Waals surface area contributed by atoms with Crippen molar-refractivity contribution >= 4 is 38.9 Å². The highest BCUT2D eigenvalue weighted by Gasteiger charge is 2.29. The number of carbonyl (C=O) groups excluding carboxylic acids is 1. The van der Waals surface area contributed by atoms with E-state index in [1.54, 1.807) is 18.2 Å². The molecule has 0 aromatic heterocycles. The lowest BCUT2D eigenvalue weighted by molar-refractivity contribution is -0.118. The van der Waals surface area contributed by atoms with E-state index in [4.69, 9.17) is 25.8 Å². The van der Waals surface area contributed by atoms with Crippen molar-refractivity contribution in [2.75, 3.05) is 37.5 Å². The lowest BCUT2D eigenvalue weighted by Gasteiger charge is -2.24. The standard InChI is InChI=1S/C17H17ClN2O6S/c1-20(13-5-4-10(24-2)6-15(13)25-3)27(22,23)16-8-14-12(7-11(16)18)19-17(21)9-26-14/h4-8H,9H2,1-3H3,(H,19,21). The van der Waals surface area contributed by atoms with Crippen LogP contribution in [0, 0.1) is 0 Å². The molecule has 8 nitrogen and oxygen atoms in total. The third-order valence-electron chi connectivity index (χ3n) is 4.03. The zero-order valence-corrected chi connectivity index (χ0v) is 16.3. The predicted octanol–water partition coefficient (Wildman–Crippen LogP) is 2.51. The van der Waals surface area contributed by atoms with Crippen molar-refractivity contribution in [3.63, 3.8) is 0 Å². The van der Waals surface area contributed by atoms with Crippen LogP contribution in [0.2, 0.25) is 5.02 Å². The summed E-state index contributed by atoms with van der Waals surface area (Å²) in [6.45, 7) is -0.198. The average Bonchev–Trinajstić information content (AvgIpc) is 2.65. The van der Waals surface area contributed by atoms with Gasteiger partial charge in [-0.05, 0) is 18.2 Å². The van der Waals surface area contributed by atoms with Gasteiger partial charge in [0.1, 0.15) is 22.1 Å². The Morgan fingerprint density at radius 3 is 2.59 bits per heavy atom. The maximum atomic E-state index is 13.1. The average molecular weight is 413 g/mol. The highest BCUT2D eigenvalue weighted by Crippen LogP contribution is 2.39. The first-order chi connectivity index (χ1) is 12.8. The van der Waals surface area contributed by atoms with Crippen LogP contribution in [0.15, 0.2) is 35.2 Å². The first kappa shape index (κ1) is 19.1. The second kappa shape index (κ2) is 7.16. The van der Waals surface area contributed by atoms with Gasteiger partial charge in [0.05, 0.1) is 30.6 Å². The molecule has 0 radical (unpaired) electrons. The van der Waals surface area contributed by atoms with Gasteiger partial charge in [-0.15, -0.1) is 0 Å². The van der Waals surface area contributed by atoms with Gasteiger partial charge < -0.3 is 19.5 Å². The first-order valence-corrected chi connectivity index (χ1v) is 9.57. The maximum absolute atomic E-state index is 13.1. The Hall–Kier alpha value is -2.65. The van der Waals surface area contributed by atoms with Crippen LogP contribution in [0.4, 0.5) is 11.4 Å². The Bertz CT molecular complexity index is 1010. The summed E-state index contributed by atoms with van der Waals surface area (Å²) in [5.41, 5.74) is 0.626. The van der Waals surface area contributed by atoms with Gasteiger partial charge in [-0.2, -0.15) is 0 Å². The van der Waals surface area contributed by atoms with Crippen LogP contribution in [0.5, 0.6) is 17.2 Å². The molecule has 0 spiro atoms. The lowest BCUT2D eigenvalue weighted by Crippen LogP contribution is -2.29. The van der Waals surface area contributed by atoms with Gasteiger partial charge in [0.15, 0.2) is 6.61 Å². The minimum absolute atomic E-state index is 0.0427. The Labute approximate surface area is 161 Å². The van der Waals surface area contributed by atoms with Crippen molar-refractivity contribution in [2.45, 2.75) is 4.90 Å². The van der Waals surface area contributed by atoms with E-state index in [2.05, 4.69) is 5.32 Å². The number of methoxy groups -OCH3 is 2. The molecule has 2 aromatic rings. The summed E-state index contributed by atoms with van der Waals surface area (Å²) >= 11 is 6.18. The predicted molar refractivity (Wildman–Crippen MR) is 101 cm³/mol. The molecule has 10 heteroatoms. The SMILES string of the molecule is COc1ccc(N(C)S(=O)(=O)c2cc3c(cc2Cl)NC(=O)CO3)c(OC)c1. The molecule has 1 aliphatic heterocycles. The van der Waals surface area contributed by atoms with E-state index >= 15 is 0 Å². The first-order valence-electron chi connectivity index (χ1n) is 7.75. The normalized spacial score (nSPS) is 13.3. The molecule has 0 fully saturated rings. The van der Waals surface area contributed by atoms with Crippen molar-refractivity contribution in [1.29, 1.82) is 0 Å². The van der Waals surface area contributed by atoms with Crippen molar-refractivity contribution in [2.24, 2.45) is 0 Å². The zero-order valence-electron chi connectivity index (χ0n) is 14.8. The zero-order chi connectivity index (χ0) is 19.8. The highest BCUT2D eigenvalue weighted by atomic mass is 35.5. The van der Waals surface area contributed by atoms with Crippen molar-refractivity contribution in [3.8, 4) is 17.2 Å².